The van der Waals surface area contributed by atoms with E-state index < -0.39 is 5.54 Å². The van der Waals surface area contributed by atoms with E-state index in [1.165, 1.54) is 0 Å². The smallest absolute Gasteiger partial charge is 0.322 e. The first-order valence-electron chi connectivity index (χ1n) is 6.17. The summed E-state index contributed by atoms with van der Waals surface area (Å²) in [5, 5.41) is 5.11. The van der Waals surface area contributed by atoms with Gasteiger partial charge in [-0.25, -0.2) is 4.79 Å². The summed E-state index contributed by atoms with van der Waals surface area (Å²) in [7, 11) is 0. The Morgan fingerprint density at radius 3 is 2.24 bits per heavy atom. The molecule has 96 valence electrons. The van der Waals surface area contributed by atoms with Crippen LogP contribution in [0.25, 0.3) is 0 Å². The second kappa shape index (κ2) is 3.98. The summed E-state index contributed by atoms with van der Waals surface area (Å²) in [6.07, 6.45) is 1.42. The topological polar surface area (TPSA) is 61.4 Å². The molecule has 5 heteroatoms. The lowest BCUT2D eigenvalue weighted by Gasteiger charge is -2.39. The molecule has 0 radical (unpaired) electrons. The van der Waals surface area contributed by atoms with Crippen LogP contribution >= 0.6 is 0 Å². The molecule has 3 amide bonds. The van der Waals surface area contributed by atoms with Gasteiger partial charge in [-0.15, -0.1) is 0 Å². The van der Waals surface area contributed by atoms with E-state index in [1.807, 2.05) is 0 Å². The van der Waals surface area contributed by atoms with Crippen molar-refractivity contribution in [3.8, 4) is 0 Å². The molecule has 0 atom stereocenters. The molecule has 0 aliphatic carbocycles. The van der Waals surface area contributed by atoms with Gasteiger partial charge in [-0.3, -0.25) is 10.1 Å². The Labute approximate surface area is 102 Å². The molecule has 0 aromatic carbocycles. The van der Waals surface area contributed by atoms with Crippen molar-refractivity contribution < 1.29 is 9.59 Å². The van der Waals surface area contributed by atoms with Gasteiger partial charge in [0.05, 0.1) is 0 Å². The number of carbonyl (C=O) groups excluding carboxylic acids is 2. The number of rotatable bonds is 1. The molecule has 2 N–H and O–H groups in total. The van der Waals surface area contributed by atoms with Gasteiger partial charge in [0.1, 0.15) is 5.54 Å². The van der Waals surface area contributed by atoms with E-state index >= 15 is 0 Å². The molecule has 2 aliphatic rings. The maximum Gasteiger partial charge on any atom is 0.322 e. The standard InChI is InChI=1S/C12H21N3O2/c1-11(2,3)8-15-6-4-12(5-7-15)9(16)13-10(17)14-12/h4-8H2,1-3H3,(H2,13,14,16,17). The fourth-order valence-corrected chi connectivity index (χ4v) is 2.64. The zero-order chi connectivity index (χ0) is 12.7. The zero-order valence-corrected chi connectivity index (χ0v) is 10.8. The van der Waals surface area contributed by atoms with E-state index in [-0.39, 0.29) is 17.4 Å². The summed E-state index contributed by atoms with van der Waals surface area (Å²) in [5.41, 5.74) is -0.364. The number of nitrogens with one attached hydrogen (secondary N) is 2. The molecule has 0 bridgehead atoms. The SMILES string of the molecule is CC(C)(C)CN1CCC2(CC1)NC(=O)NC2=O. The average Bonchev–Trinajstić information content (AvgIpc) is 2.44. The Morgan fingerprint density at radius 1 is 1.24 bits per heavy atom. The van der Waals surface area contributed by atoms with Crippen molar-refractivity contribution in [3.05, 3.63) is 0 Å². The monoisotopic (exact) mass is 239 g/mol. The highest BCUT2D eigenvalue weighted by Crippen LogP contribution is 2.27. The molecular weight excluding hydrogens is 218 g/mol. The Kier molecular flexibility index (Phi) is 2.89. The number of amides is 3. The fourth-order valence-electron chi connectivity index (χ4n) is 2.64. The highest BCUT2D eigenvalue weighted by Gasteiger charge is 2.47. The molecule has 5 nitrogen and oxygen atoms in total. The van der Waals surface area contributed by atoms with Crippen LogP contribution in [-0.4, -0.2) is 42.0 Å². The average molecular weight is 239 g/mol. The van der Waals surface area contributed by atoms with E-state index in [0.717, 1.165) is 19.6 Å². The van der Waals surface area contributed by atoms with E-state index in [2.05, 4.69) is 36.3 Å². The Bertz CT molecular complexity index is 338. The highest BCUT2D eigenvalue weighted by atomic mass is 16.2. The van der Waals surface area contributed by atoms with Crippen LogP contribution in [0.2, 0.25) is 0 Å². The van der Waals surface area contributed by atoms with E-state index in [0.29, 0.717) is 12.8 Å². The number of carbonyl (C=O) groups is 2. The molecule has 2 fully saturated rings. The summed E-state index contributed by atoms with van der Waals surface area (Å²) >= 11 is 0. The van der Waals surface area contributed by atoms with E-state index in [4.69, 9.17) is 0 Å². The lowest BCUT2D eigenvalue weighted by molar-refractivity contribution is -0.125. The Morgan fingerprint density at radius 2 is 1.82 bits per heavy atom. The van der Waals surface area contributed by atoms with Gasteiger partial charge in [-0.05, 0) is 18.3 Å². The number of hydrogen-bond donors (Lipinski definition) is 2. The first kappa shape index (κ1) is 12.4. The van der Waals surface area contributed by atoms with Crippen molar-refractivity contribution in [2.75, 3.05) is 19.6 Å². The minimum atomic E-state index is -0.633. The summed E-state index contributed by atoms with van der Waals surface area (Å²) in [6.45, 7) is 9.39. The summed E-state index contributed by atoms with van der Waals surface area (Å²) in [4.78, 5) is 25.3. The van der Waals surface area contributed by atoms with Crippen LogP contribution in [0.15, 0.2) is 0 Å². The number of urea groups is 1. The normalized spacial score (nSPS) is 24.9. The minimum Gasteiger partial charge on any atom is -0.323 e. The van der Waals surface area contributed by atoms with Gasteiger partial charge in [-0.1, -0.05) is 20.8 Å². The van der Waals surface area contributed by atoms with Crippen molar-refractivity contribution >= 4 is 11.9 Å². The number of likely N-dealkylation sites (tertiary alicyclic amines) is 1. The van der Waals surface area contributed by atoms with Crippen molar-refractivity contribution in [2.24, 2.45) is 5.41 Å². The van der Waals surface area contributed by atoms with Gasteiger partial charge in [0.15, 0.2) is 0 Å². The molecule has 2 rings (SSSR count). The number of hydrogen-bond acceptors (Lipinski definition) is 3. The molecular formula is C12H21N3O2. The number of piperidine rings is 1. The van der Waals surface area contributed by atoms with Gasteiger partial charge in [0, 0.05) is 19.6 Å². The van der Waals surface area contributed by atoms with Gasteiger partial charge in [0.2, 0.25) is 0 Å². The van der Waals surface area contributed by atoms with Crippen LogP contribution < -0.4 is 10.6 Å². The van der Waals surface area contributed by atoms with Crippen molar-refractivity contribution in [3.63, 3.8) is 0 Å². The summed E-state index contributed by atoms with van der Waals surface area (Å²) < 4.78 is 0. The molecule has 2 saturated heterocycles. The van der Waals surface area contributed by atoms with Crippen LogP contribution in [0.1, 0.15) is 33.6 Å². The summed E-state index contributed by atoms with van der Waals surface area (Å²) in [6, 6.07) is -0.348. The van der Waals surface area contributed by atoms with E-state index in [1.54, 1.807) is 0 Å². The molecule has 1 spiro atoms. The molecule has 0 unspecified atom stereocenters. The molecule has 0 aromatic rings. The Hall–Kier alpha value is -1.10. The highest BCUT2D eigenvalue weighted by molar-refractivity contribution is 6.07. The third kappa shape index (κ3) is 2.60. The molecule has 2 aliphatic heterocycles. The van der Waals surface area contributed by atoms with Crippen molar-refractivity contribution in [1.82, 2.24) is 15.5 Å². The Balaban J connectivity index is 1.94. The third-order valence-electron chi connectivity index (χ3n) is 3.42. The largest absolute Gasteiger partial charge is 0.323 e. The first-order valence-corrected chi connectivity index (χ1v) is 6.17. The van der Waals surface area contributed by atoms with Crippen LogP contribution in [0.5, 0.6) is 0 Å². The number of nitrogens with zero attached hydrogens (tertiary/aromatic N) is 1. The molecule has 2 heterocycles. The lowest BCUT2D eigenvalue weighted by Crippen LogP contribution is -2.55. The predicted molar refractivity (Wildman–Crippen MR) is 64.5 cm³/mol. The van der Waals surface area contributed by atoms with Gasteiger partial charge in [-0.2, -0.15) is 0 Å². The lowest BCUT2D eigenvalue weighted by atomic mass is 9.86. The minimum absolute atomic E-state index is 0.155. The van der Waals surface area contributed by atoms with Crippen molar-refractivity contribution in [1.29, 1.82) is 0 Å². The maximum atomic E-state index is 11.7. The predicted octanol–water partition coefficient (Wildman–Crippen LogP) is 0.707. The van der Waals surface area contributed by atoms with Crippen LogP contribution in [0.4, 0.5) is 4.79 Å². The zero-order valence-electron chi connectivity index (χ0n) is 10.8. The maximum absolute atomic E-state index is 11.7. The quantitative estimate of drug-likeness (QED) is 0.662. The molecule has 0 aromatic heterocycles. The molecule has 0 saturated carbocycles. The van der Waals surface area contributed by atoms with Crippen LogP contribution in [0, 0.1) is 5.41 Å². The van der Waals surface area contributed by atoms with Crippen LogP contribution in [-0.2, 0) is 4.79 Å². The van der Waals surface area contributed by atoms with Crippen LogP contribution in [0.3, 0.4) is 0 Å². The second-order valence-electron chi connectivity index (χ2n) is 6.33. The number of imide groups is 1. The van der Waals surface area contributed by atoms with E-state index in [9.17, 15) is 9.59 Å². The summed E-state index contributed by atoms with van der Waals surface area (Å²) in [5.74, 6) is -0.155. The fraction of sp³-hybridized carbons (Fsp3) is 0.833. The third-order valence-corrected chi connectivity index (χ3v) is 3.42. The first-order chi connectivity index (χ1) is 7.81. The molecule has 17 heavy (non-hydrogen) atoms. The van der Waals surface area contributed by atoms with Crippen molar-refractivity contribution in [2.45, 2.75) is 39.2 Å². The van der Waals surface area contributed by atoms with Gasteiger partial charge >= 0.3 is 6.03 Å². The van der Waals surface area contributed by atoms with Gasteiger partial charge in [0.25, 0.3) is 5.91 Å². The second-order valence-corrected chi connectivity index (χ2v) is 6.33. The van der Waals surface area contributed by atoms with Gasteiger partial charge < -0.3 is 10.2 Å².